The number of nitrogens with one attached hydrogen (secondary N) is 2. The summed E-state index contributed by atoms with van der Waals surface area (Å²) in [5.41, 5.74) is 3.25. The Bertz CT molecular complexity index is 981. The number of carboxylic acid groups (broad SMARTS) is 1. The molecule has 4 rings (SSSR count). The summed E-state index contributed by atoms with van der Waals surface area (Å²) in [5.74, 6) is 0.209. The number of nitrogens with zero attached hydrogens (tertiary/aromatic N) is 2. The molecule has 1 aromatic heterocycles. The Balaban J connectivity index is 1.31. The van der Waals surface area contributed by atoms with Gasteiger partial charge in [0.25, 0.3) is 0 Å². The minimum Gasteiger partial charge on any atom is -0.481 e. The normalized spacial score (nSPS) is 21.2. The zero-order valence-corrected chi connectivity index (χ0v) is 20.0. The lowest BCUT2D eigenvalue weighted by Gasteiger charge is -2.37. The Labute approximate surface area is 202 Å². The topological polar surface area (TPSA) is 94.6 Å². The fourth-order valence-corrected chi connectivity index (χ4v) is 5.06. The maximum Gasteiger partial charge on any atom is 0.305 e. The number of aryl methyl sites for hydroxylation is 2. The maximum atomic E-state index is 13.2. The minimum absolute atomic E-state index is 0.0465. The average molecular weight is 465 g/mol. The SMILES string of the molecule is C[C@@H]1CCN(CCCc2ccc3c(n2)NCCC3)C[C@@H]1C(=O)N[C@@H](CC(=O)O)c1ccccc1. The molecule has 7 heteroatoms. The highest BCUT2D eigenvalue weighted by Crippen LogP contribution is 2.26. The van der Waals surface area contributed by atoms with Crippen molar-refractivity contribution in [2.75, 3.05) is 31.5 Å². The van der Waals surface area contributed by atoms with Gasteiger partial charge in [0.05, 0.1) is 18.4 Å². The molecule has 1 amide bonds. The number of hydrogen-bond donors (Lipinski definition) is 3. The molecule has 0 unspecified atom stereocenters. The molecule has 2 aliphatic rings. The van der Waals surface area contributed by atoms with Crippen LogP contribution < -0.4 is 10.6 Å². The lowest BCUT2D eigenvalue weighted by molar-refractivity contribution is -0.138. The number of anilines is 1. The van der Waals surface area contributed by atoms with E-state index < -0.39 is 12.0 Å². The summed E-state index contributed by atoms with van der Waals surface area (Å²) in [7, 11) is 0. The molecule has 1 aromatic carbocycles. The number of rotatable bonds is 9. The molecule has 182 valence electrons. The lowest BCUT2D eigenvalue weighted by atomic mass is 9.85. The summed E-state index contributed by atoms with van der Waals surface area (Å²) >= 11 is 0. The standard InChI is InChI=1S/C27H36N4O3/c1-19-13-16-31(15-6-10-22-12-11-21-9-5-14-28-26(21)29-22)18-23(19)27(34)30-24(17-25(32)33)20-7-3-2-4-8-20/h2-4,7-8,11-12,19,23-24H,5-6,9-10,13-18H2,1H3,(H,28,29)(H,30,34)(H,32,33)/t19-,23+,24+/m1/s1. The van der Waals surface area contributed by atoms with Gasteiger partial charge in [-0.25, -0.2) is 4.98 Å². The quantitative estimate of drug-likeness (QED) is 0.524. The number of likely N-dealkylation sites (tertiary alicyclic amines) is 1. The van der Waals surface area contributed by atoms with E-state index in [0.717, 1.165) is 62.4 Å². The van der Waals surface area contributed by atoms with E-state index in [2.05, 4.69) is 34.6 Å². The average Bonchev–Trinajstić information content (AvgIpc) is 2.85. The summed E-state index contributed by atoms with van der Waals surface area (Å²) in [6.45, 7) is 5.75. The van der Waals surface area contributed by atoms with Crippen molar-refractivity contribution in [1.82, 2.24) is 15.2 Å². The van der Waals surface area contributed by atoms with Gasteiger partial charge in [-0.05, 0) is 68.3 Å². The van der Waals surface area contributed by atoms with Crippen molar-refractivity contribution in [3.8, 4) is 0 Å². The molecule has 0 spiro atoms. The second-order valence-electron chi connectivity index (χ2n) is 9.69. The molecule has 3 N–H and O–H groups in total. The number of pyridine rings is 1. The summed E-state index contributed by atoms with van der Waals surface area (Å²) in [5, 5.41) is 15.8. The molecule has 0 radical (unpaired) electrons. The molecule has 1 fully saturated rings. The van der Waals surface area contributed by atoms with Gasteiger partial charge in [0.15, 0.2) is 0 Å². The van der Waals surface area contributed by atoms with Gasteiger partial charge in [0, 0.05) is 18.8 Å². The first-order valence-electron chi connectivity index (χ1n) is 12.5. The molecule has 7 nitrogen and oxygen atoms in total. The number of amides is 1. The van der Waals surface area contributed by atoms with Crippen LogP contribution in [0.25, 0.3) is 0 Å². The van der Waals surface area contributed by atoms with Gasteiger partial charge < -0.3 is 20.6 Å². The number of hydrogen-bond acceptors (Lipinski definition) is 5. The number of fused-ring (bicyclic) bond motifs is 1. The predicted molar refractivity (Wildman–Crippen MR) is 133 cm³/mol. The number of carboxylic acids is 1. The van der Waals surface area contributed by atoms with Crippen molar-refractivity contribution >= 4 is 17.7 Å². The number of aromatic nitrogens is 1. The molecule has 0 saturated carbocycles. The molecular weight excluding hydrogens is 428 g/mol. The van der Waals surface area contributed by atoms with Gasteiger partial charge in [0.1, 0.15) is 5.82 Å². The molecule has 2 aromatic rings. The van der Waals surface area contributed by atoms with Crippen LogP contribution in [0.2, 0.25) is 0 Å². The first-order chi connectivity index (χ1) is 16.5. The molecule has 1 saturated heterocycles. The van der Waals surface area contributed by atoms with Crippen LogP contribution in [0.4, 0.5) is 5.82 Å². The molecule has 2 aliphatic heterocycles. The van der Waals surface area contributed by atoms with Crippen molar-refractivity contribution in [2.45, 2.75) is 51.5 Å². The van der Waals surface area contributed by atoms with Crippen LogP contribution >= 0.6 is 0 Å². The van der Waals surface area contributed by atoms with Crippen molar-refractivity contribution in [2.24, 2.45) is 11.8 Å². The van der Waals surface area contributed by atoms with Crippen LogP contribution in [0.3, 0.4) is 0 Å². The number of carbonyl (C=O) groups excluding carboxylic acids is 1. The number of benzene rings is 1. The van der Waals surface area contributed by atoms with Gasteiger partial charge in [0.2, 0.25) is 5.91 Å². The van der Waals surface area contributed by atoms with Crippen molar-refractivity contribution in [3.05, 3.63) is 59.3 Å². The van der Waals surface area contributed by atoms with Crippen LogP contribution in [0.5, 0.6) is 0 Å². The Morgan fingerprint density at radius 1 is 1.24 bits per heavy atom. The first kappa shape index (κ1) is 24.2. The van der Waals surface area contributed by atoms with E-state index in [1.54, 1.807) is 0 Å². The third-order valence-electron chi connectivity index (χ3n) is 7.14. The van der Waals surface area contributed by atoms with Gasteiger partial charge in [-0.1, -0.05) is 43.3 Å². The Hall–Kier alpha value is -2.93. The van der Waals surface area contributed by atoms with Crippen LogP contribution in [0.15, 0.2) is 42.5 Å². The van der Waals surface area contributed by atoms with E-state index in [-0.39, 0.29) is 24.2 Å². The number of carbonyl (C=O) groups is 2. The van der Waals surface area contributed by atoms with E-state index in [9.17, 15) is 14.7 Å². The van der Waals surface area contributed by atoms with Crippen molar-refractivity contribution in [3.63, 3.8) is 0 Å². The third kappa shape index (κ3) is 6.35. The maximum absolute atomic E-state index is 13.2. The first-order valence-corrected chi connectivity index (χ1v) is 12.5. The molecule has 3 atom stereocenters. The second kappa shape index (κ2) is 11.5. The fourth-order valence-electron chi connectivity index (χ4n) is 5.06. The molecule has 3 heterocycles. The number of aliphatic carboxylic acids is 1. The van der Waals surface area contributed by atoms with Crippen LogP contribution in [-0.4, -0.2) is 53.0 Å². The van der Waals surface area contributed by atoms with E-state index in [4.69, 9.17) is 4.98 Å². The van der Waals surface area contributed by atoms with Crippen LogP contribution in [0, 0.1) is 11.8 Å². The molecular formula is C27H36N4O3. The Kier molecular flexibility index (Phi) is 8.16. The fraction of sp³-hybridized carbons (Fsp3) is 0.519. The highest BCUT2D eigenvalue weighted by atomic mass is 16.4. The van der Waals surface area contributed by atoms with E-state index in [1.807, 2.05) is 30.3 Å². The third-order valence-corrected chi connectivity index (χ3v) is 7.14. The van der Waals surface area contributed by atoms with E-state index in [0.29, 0.717) is 6.54 Å². The van der Waals surface area contributed by atoms with E-state index >= 15 is 0 Å². The summed E-state index contributed by atoms with van der Waals surface area (Å²) < 4.78 is 0. The van der Waals surface area contributed by atoms with Crippen molar-refractivity contribution in [1.29, 1.82) is 0 Å². The monoisotopic (exact) mass is 464 g/mol. The molecule has 0 aliphatic carbocycles. The van der Waals surface area contributed by atoms with Gasteiger partial charge in [-0.3, -0.25) is 9.59 Å². The molecule has 0 bridgehead atoms. The lowest BCUT2D eigenvalue weighted by Crippen LogP contribution is -2.48. The van der Waals surface area contributed by atoms with Gasteiger partial charge >= 0.3 is 5.97 Å². The molecule has 34 heavy (non-hydrogen) atoms. The van der Waals surface area contributed by atoms with Crippen molar-refractivity contribution < 1.29 is 14.7 Å². The van der Waals surface area contributed by atoms with E-state index in [1.165, 1.54) is 12.0 Å². The Morgan fingerprint density at radius 3 is 2.85 bits per heavy atom. The Morgan fingerprint density at radius 2 is 2.06 bits per heavy atom. The van der Waals surface area contributed by atoms with Gasteiger partial charge in [-0.2, -0.15) is 0 Å². The minimum atomic E-state index is -0.918. The summed E-state index contributed by atoms with van der Waals surface area (Å²) in [4.78, 5) is 31.8. The summed E-state index contributed by atoms with van der Waals surface area (Å²) in [6.07, 6.45) is 5.03. The smallest absolute Gasteiger partial charge is 0.305 e. The highest BCUT2D eigenvalue weighted by molar-refractivity contribution is 5.80. The summed E-state index contributed by atoms with van der Waals surface area (Å²) in [6, 6.07) is 13.2. The van der Waals surface area contributed by atoms with Gasteiger partial charge in [-0.15, -0.1) is 0 Å². The zero-order chi connectivity index (χ0) is 23.9. The van der Waals surface area contributed by atoms with Crippen LogP contribution in [-0.2, 0) is 22.4 Å². The predicted octanol–water partition coefficient (Wildman–Crippen LogP) is 3.66. The highest BCUT2D eigenvalue weighted by Gasteiger charge is 2.33. The van der Waals surface area contributed by atoms with Crippen LogP contribution in [0.1, 0.15) is 55.5 Å². The second-order valence-corrected chi connectivity index (χ2v) is 9.69. The number of piperidine rings is 1. The largest absolute Gasteiger partial charge is 0.481 e. The zero-order valence-electron chi connectivity index (χ0n) is 20.0.